The highest BCUT2D eigenvalue weighted by Gasteiger charge is 2.35. The van der Waals surface area contributed by atoms with Gasteiger partial charge in [-0.25, -0.2) is 4.68 Å². The molecule has 1 atom stereocenters. The number of pyridine rings is 1. The summed E-state index contributed by atoms with van der Waals surface area (Å²) in [6.07, 6.45) is -3.06. The first-order valence-electron chi connectivity index (χ1n) is 9.03. The van der Waals surface area contributed by atoms with Crippen LogP contribution in [0.15, 0.2) is 48.7 Å². The van der Waals surface area contributed by atoms with E-state index in [2.05, 4.69) is 15.4 Å². The second-order valence-electron chi connectivity index (χ2n) is 6.64. The molecule has 0 bridgehead atoms. The number of nitrogens with one attached hydrogen (secondary N) is 1. The summed E-state index contributed by atoms with van der Waals surface area (Å²) in [5, 5.41) is 6.67. The average Bonchev–Trinajstić information content (AvgIpc) is 3.16. The largest absolute Gasteiger partial charge is 0.435 e. The zero-order valence-electron chi connectivity index (χ0n) is 15.9. The lowest BCUT2D eigenvalue weighted by molar-refractivity contribution is -0.141. The number of nitrogens with two attached hydrogens (primary N) is 1. The summed E-state index contributed by atoms with van der Waals surface area (Å²) in [7, 11) is 0. The maximum atomic E-state index is 13.2. The first kappa shape index (κ1) is 21.8. The smallest absolute Gasteiger partial charge is 0.350 e. The van der Waals surface area contributed by atoms with E-state index in [-0.39, 0.29) is 24.7 Å². The molecule has 0 aliphatic rings. The molecule has 158 valence electrons. The van der Waals surface area contributed by atoms with Gasteiger partial charge in [-0.1, -0.05) is 23.7 Å². The van der Waals surface area contributed by atoms with Crippen LogP contribution in [-0.4, -0.2) is 20.7 Å². The number of rotatable bonds is 6. The van der Waals surface area contributed by atoms with Gasteiger partial charge in [0.05, 0.1) is 29.5 Å². The van der Waals surface area contributed by atoms with E-state index in [0.29, 0.717) is 22.0 Å². The highest BCUT2D eigenvalue weighted by Crippen LogP contribution is 2.30. The van der Waals surface area contributed by atoms with E-state index in [1.54, 1.807) is 43.5 Å². The molecule has 3 rings (SSSR count). The van der Waals surface area contributed by atoms with Crippen molar-refractivity contribution in [2.24, 2.45) is 5.73 Å². The van der Waals surface area contributed by atoms with Gasteiger partial charge >= 0.3 is 6.18 Å². The zero-order chi connectivity index (χ0) is 21.9. The summed E-state index contributed by atoms with van der Waals surface area (Å²) >= 11 is 5.96. The maximum Gasteiger partial charge on any atom is 0.435 e. The van der Waals surface area contributed by atoms with Crippen molar-refractivity contribution in [3.05, 3.63) is 76.3 Å². The molecule has 1 aromatic carbocycles. The van der Waals surface area contributed by atoms with Crippen molar-refractivity contribution in [2.45, 2.75) is 32.1 Å². The van der Waals surface area contributed by atoms with Gasteiger partial charge in [-0.2, -0.15) is 18.3 Å². The second kappa shape index (κ2) is 8.85. The monoisotopic (exact) mass is 437 g/mol. The van der Waals surface area contributed by atoms with Crippen molar-refractivity contribution in [2.75, 3.05) is 0 Å². The first-order valence-corrected chi connectivity index (χ1v) is 9.41. The number of hydrogen-bond donors (Lipinski definition) is 2. The predicted molar refractivity (Wildman–Crippen MR) is 106 cm³/mol. The van der Waals surface area contributed by atoms with E-state index in [4.69, 9.17) is 17.3 Å². The minimum absolute atomic E-state index is 0.146. The summed E-state index contributed by atoms with van der Waals surface area (Å²) in [5.74, 6) is -0.904. The van der Waals surface area contributed by atoms with Crippen molar-refractivity contribution >= 4 is 17.5 Å². The van der Waals surface area contributed by atoms with Crippen LogP contribution in [0.4, 0.5) is 13.2 Å². The van der Waals surface area contributed by atoms with Gasteiger partial charge in [0.1, 0.15) is 0 Å². The summed E-state index contributed by atoms with van der Waals surface area (Å²) in [6.45, 7) is 1.83. The Labute approximate surface area is 175 Å². The topological polar surface area (TPSA) is 85.8 Å². The van der Waals surface area contributed by atoms with E-state index >= 15 is 0 Å². The lowest BCUT2D eigenvalue weighted by Crippen LogP contribution is -2.28. The summed E-state index contributed by atoms with van der Waals surface area (Å²) < 4.78 is 40.7. The molecule has 0 aliphatic carbocycles. The molecular weight excluding hydrogens is 419 g/mol. The van der Waals surface area contributed by atoms with Crippen LogP contribution < -0.4 is 11.1 Å². The Balaban J connectivity index is 1.81. The minimum Gasteiger partial charge on any atom is -0.350 e. The molecule has 6 nitrogen and oxygen atoms in total. The zero-order valence-corrected chi connectivity index (χ0v) is 16.7. The van der Waals surface area contributed by atoms with Gasteiger partial charge in [0, 0.05) is 17.8 Å². The number of benzene rings is 1. The Kier molecular flexibility index (Phi) is 6.42. The molecule has 1 amide bonds. The number of halogens is 4. The molecular formula is C20H19ClF3N5O. The van der Waals surface area contributed by atoms with Crippen LogP contribution in [0, 0.1) is 0 Å². The molecule has 3 N–H and O–H groups in total. The van der Waals surface area contributed by atoms with Gasteiger partial charge in [-0.15, -0.1) is 0 Å². The minimum atomic E-state index is -4.62. The molecule has 0 spiro atoms. The number of amides is 1. The lowest BCUT2D eigenvalue weighted by Gasteiger charge is -2.13. The van der Waals surface area contributed by atoms with E-state index in [1.165, 1.54) is 6.07 Å². The quantitative estimate of drug-likeness (QED) is 0.614. The third-order valence-electron chi connectivity index (χ3n) is 4.52. The molecule has 3 aromatic rings. The molecule has 1 unspecified atom stereocenters. The fourth-order valence-electron chi connectivity index (χ4n) is 2.81. The maximum absolute atomic E-state index is 13.2. The standard InChI is InChI=1S/C20H19ClF3N5O/c1-12(13-5-6-15(9-25)26-10-13)19(30)27-11-17-8-18(20(22,23)24)28-29(17)16-4-2-3-14(21)7-16/h2-8,10,12H,9,11,25H2,1H3,(H,27,30). The van der Waals surface area contributed by atoms with Gasteiger partial charge in [-0.05, 0) is 42.8 Å². The Bertz CT molecular complexity index is 1030. The van der Waals surface area contributed by atoms with E-state index in [9.17, 15) is 18.0 Å². The van der Waals surface area contributed by atoms with Crippen LogP contribution in [0.2, 0.25) is 5.02 Å². The summed E-state index contributed by atoms with van der Waals surface area (Å²) in [4.78, 5) is 16.7. The second-order valence-corrected chi connectivity index (χ2v) is 7.07. The van der Waals surface area contributed by atoms with E-state index in [0.717, 1.165) is 10.7 Å². The molecule has 0 saturated heterocycles. The van der Waals surface area contributed by atoms with Crippen molar-refractivity contribution in [1.29, 1.82) is 0 Å². The molecule has 0 fully saturated rings. The average molecular weight is 438 g/mol. The Morgan fingerprint density at radius 2 is 2.03 bits per heavy atom. The van der Waals surface area contributed by atoms with Gasteiger partial charge in [0.2, 0.25) is 5.91 Å². The number of hydrogen-bond acceptors (Lipinski definition) is 4. The molecule has 0 radical (unpaired) electrons. The van der Waals surface area contributed by atoms with Crippen LogP contribution in [0.1, 0.15) is 35.5 Å². The third kappa shape index (κ3) is 4.98. The van der Waals surface area contributed by atoms with Crippen molar-refractivity contribution in [1.82, 2.24) is 20.1 Å². The van der Waals surface area contributed by atoms with Crippen LogP contribution in [0.25, 0.3) is 5.69 Å². The number of nitrogens with zero attached hydrogens (tertiary/aromatic N) is 3. The van der Waals surface area contributed by atoms with Crippen molar-refractivity contribution in [3.8, 4) is 5.69 Å². The fraction of sp³-hybridized carbons (Fsp3) is 0.250. The number of carbonyl (C=O) groups is 1. The summed E-state index contributed by atoms with van der Waals surface area (Å²) in [5.41, 5.74) is 6.35. The number of aromatic nitrogens is 3. The highest BCUT2D eigenvalue weighted by atomic mass is 35.5. The number of carbonyl (C=O) groups excluding carboxylic acids is 1. The van der Waals surface area contributed by atoms with Crippen molar-refractivity contribution < 1.29 is 18.0 Å². The van der Waals surface area contributed by atoms with Gasteiger partial charge < -0.3 is 11.1 Å². The van der Waals surface area contributed by atoms with E-state index in [1.807, 2.05) is 0 Å². The van der Waals surface area contributed by atoms with Gasteiger partial charge in [0.25, 0.3) is 0 Å². The van der Waals surface area contributed by atoms with Crippen LogP contribution >= 0.6 is 11.6 Å². The SMILES string of the molecule is CC(C(=O)NCc1cc(C(F)(F)F)nn1-c1cccc(Cl)c1)c1ccc(CN)nc1. The first-order chi connectivity index (χ1) is 14.2. The predicted octanol–water partition coefficient (Wildman–Crippen LogP) is 3.82. The van der Waals surface area contributed by atoms with Crippen LogP contribution in [0.5, 0.6) is 0 Å². The Morgan fingerprint density at radius 3 is 2.63 bits per heavy atom. The van der Waals surface area contributed by atoms with Gasteiger partial charge in [-0.3, -0.25) is 9.78 Å². The van der Waals surface area contributed by atoms with Crippen LogP contribution in [-0.2, 0) is 24.1 Å². The highest BCUT2D eigenvalue weighted by molar-refractivity contribution is 6.30. The molecule has 0 saturated carbocycles. The molecule has 2 heterocycles. The Hall–Kier alpha value is -2.91. The normalized spacial score (nSPS) is 12.6. The van der Waals surface area contributed by atoms with Crippen LogP contribution in [0.3, 0.4) is 0 Å². The molecule has 10 heteroatoms. The third-order valence-corrected chi connectivity index (χ3v) is 4.76. The Morgan fingerprint density at radius 1 is 1.27 bits per heavy atom. The number of alkyl halides is 3. The van der Waals surface area contributed by atoms with E-state index < -0.39 is 17.8 Å². The fourth-order valence-corrected chi connectivity index (χ4v) is 3.00. The lowest BCUT2D eigenvalue weighted by atomic mass is 10.0. The molecule has 0 aliphatic heterocycles. The molecule has 30 heavy (non-hydrogen) atoms. The summed E-state index contributed by atoms with van der Waals surface area (Å²) in [6, 6.07) is 10.7. The molecule has 2 aromatic heterocycles. The van der Waals surface area contributed by atoms with Crippen molar-refractivity contribution in [3.63, 3.8) is 0 Å². The van der Waals surface area contributed by atoms with Gasteiger partial charge in [0.15, 0.2) is 5.69 Å².